The van der Waals surface area contributed by atoms with Crippen molar-refractivity contribution < 1.29 is 13.9 Å². The molecule has 0 N–H and O–H groups in total. The summed E-state index contributed by atoms with van der Waals surface area (Å²) < 4.78 is 12.3. The Morgan fingerprint density at radius 1 is 1.18 bits per heavy atom. The molecule has 0 spiro atoms. The highest BCUT2D eigenvalue weighted by atomic mass is 16.5. The van der Waals surface area contributed by atoms with Crippen LogP contribution in [0.2, 0.25) is 0 Å². The van der Waals surface area contributed by atoms with Gasteiger partial charge in [-0.1, -0.05) is 24.3 Å². The van der Waals surface area contributed by atoms with Crippen LogP contribution >= 0.6 is 0 Å². The maximum absolute atomic E-state index is 12.9. The Morgan fingerprint density at radius 2 is 1.96 bits per heavy atom. The fourth-order valence-electron chi connectivity index (χ4n) is 3.94. The molecule has 0 radical (unpaired) electrons. The number of likely N-dealkylation sites (tertiary alicyclic amines) is 1. The maximum atomic E-state index is 12.9. The van der Waals surface area contributed by atoms with Crippen molar-refractivity contribution in [2.45, 2.75) is 38.8 Å². The molecule has 0 bridgehead atoms. The van der Waals surface area contributed by atoms with Crippen LogP contribution in [0.4, 0.5) is 0 Å². The number of nitrogens with zero attached hydrogens (tertiary/aromatic N) is 2. The molecule has 1 aliphatic heterocycles. The van der Waals surface area contributed by atoms with Crippen LogP contribution in [0.1, 0.15) is 37.8 Å². The van der Waals surface area contributed by atoms with E-state index >= 15 is 0 Å². The molecule has 3 aromatic rings. The first-order valence-corrected chi connectivity index (χ1v) is 9.78. The third kappa shape index (κ3) is 3.54. The van der Waals surface area contributed by atoms with Crippen LogP contribution < -0.4 is 10.5 Å². The van der Waals surface area contributed by atoms with Gasteiger partial charge in [0, 0.05) is 19.5 Å². The van der Waals surface area contributed by atoms with Crippen molar-refractivity contribution in [1.82, 2.24) is 9.47 Å². The molecule has 4 rings (SSSR count). The normalized spacial score (nSPS) is 16.6. The first kappa shape index (κ1) is 18.3. The smallest absolute Gasteiger partial charge is 0.419 e. The zero-order valence-electron chi connectivity index (χ0n) is 16.0. The predicted molar refractivity (Wildman–Crippen MR) is 106 cm³/mol. The number of benzene rings is 2. The second kappa shape index (κ2) is 7.92. The van der Waals surface area contributed by atoms with E-state index in [1.807, 2.05) is 54.3 Å². The van der Waals surface area contributed by atoms with Gasteiger partial charge in [0.1, 0.15) is 5.75 Å². The van der Waals surface area contributed by atoms with Gasteiger partial charge in [-0.25, -0.2) is 4.79 Å². The third-order valence-corrected chi connectivity index (χ3v) is 5.27. The molecule has 2 heterocycles. The topological polar surface area (TPSA) is 64.7 Å². The molecule has 1 aromatic heterocycles. The lowest BCUT2D eigenvalue weighted by molar-refractivity contribution is -0.132. The van der Waals surface area contributed by atoms with Gasteiger partial charge in [-0.05, 0) is 49.6 Å². The Labute approximate surface area is 163 Å². The summed E-state index contributed by atoms with van der Waals surface area (Å²) in [7, 11) is 0. The highest BCUT2D eigenvalue weighted by molar-refractivity contribution is 5.77. The first-order valence-electron chi connectivity index (χ1n) is 9.78. The van der Waals surface area contributed by atoms with Gasteiger partial charge < -0.3 is 14.1 Å². The van der Waals surface area contributed by atoms with Gasteiger partial charge >= 0.3 is 5.76 Å². The van der Waals surface area contributed by atoms with Gasteiger partial charge in [0.15, 0.2) is 5.58 Å². The molecule has 6 nitrogen and oxygen atoms in total. The summed E-state index contributed by atoms with van der Waals surface area (Å²) in [6.07, 6.45) is 2.21. The number of rotatable bonds is 6. The minimum atomic E-state index is -0.418. The zero-order chi connectivity index (χ0) is 19.5. The molecule has 1 fully saturated rings. The summed E-state index contributed by atoms with van der Waals surface area (Å²) in [6.45, 7) is 3.66. The largest absolute Gasteiger partial charge is 0.494 e. The van der Waals surface area contributed by atoms with E-state index in [9.17, 15) is 9.59 Å². The molecular formula is C22H24N2O4. The molecular weight excluding hydrogens is 356 g/mol. The Bertz CT molecular complexity index is 1020. The van der Waals surface area contributed by atoms with Gasteiger partial charge in [-0.15, -0.1) is 0 Å². The van der Waals surface area contributed by atoms with Crippen molar-refractivity contribution in [3.63, 3.8) is 0 Å². The average Bonchev–Trinajstić information content (AvgIpc) is 3.31. The van der Waals surface area contributed by atoms with Crippen molar-refractivity contribution in [1.29, 1.82) is 0 Å². The number of aromatic nitrogens is 1. The molecule has 1 amide bonds. The number of carbonyl (C=O) groups is 1. The maximum Gasteiger partial charge on any atom is 0.419 e. The van der Waals surface area contributed by atoms with E-state index in [0.717, 1.165) is 36.2 Å². The Kier molecular flexibility index (Phi) is 5.19. The lowest BCUT2D eigenvalue weighted by Gasteiger charge is -2.25. The van der Waals surface area contributed by atoms with Crippen molar-refractivity contribution in [3.8, 4) is 5.75 Å². The van der Waals surface area contributed by atoms with Crippen molar-refractivity contribution in [2.75, 3.05) is 13.2 Å². The second-order valence-electron chi connectivity index (χ2n) is 6.98. The van der Waals surface area contributed by atoms with Crippen LogP contribution in [0.25, 0.3) is 11.1 Å². The SMILES string of the molecule is CCOc1ccc(C2CCCN2C(=O)CCn2c(=O)oc3ccccc32)cc1. The first-order chi connectivity index (χ1) is 13.7. The number of ether oxygens (including phenoxy) is 1. The van der Waals surface area contributed by atoms with Gasteiger partial charge in [-0.3, -0.25) is 9.36 Å². The molecule has 1 saturated heterocycles. The summed E-state index contributed by atoms with van der Waals surface area (Å²) in [4.78, 5) is 26.9. The molecule has 0 saturated carbocycles. The summed E-state index contributed by atoms with van der Waals surface area (Å²) in [5, 5.41) is 0. The fraction of sp³-hybridized carbons (Fsp3) is 0.364. The third-order valence-electron chi connectivity index (χ3n) is 5.27. The van der Waals surface area contributed by atoms with E-state index in [4.69, 9.17) is 9.15 Å². The summed E-state index contributed by atoms with van der Waals surface area (Å²) >= 11 is 0. The minimum Gasteiger partial charge on any atom is -0.494 e. The van der Waals surface area contributed by atoms with Crippen LogP contribution in [-0.2, 0) is 11.3 Å². The van der Waals surface area contributed by atoms with E-state index in [2.05, 4.69) is 0 Å². The molecule has 1 unspecified atom stereocenters. The number of carbonyl (C=O) groups excluding carboxylic acids is 1. The highest BCUT2D eigenvalue weighted by Crippen LogP contribution is 2.33. The van der Waals surface area contributed by atoms with Crippen molar-refractivity contribution in [2.24, 2.45) is 0 Å². The number of para-hydroxylation sites is 2. The predicted octanol–water partition coefficient (Wildman–Crippen LogP) is 3.75. The number of aryl methyl sites for hydroxylation is 1. The summed E-state index contributed by atoms with van der Waals surface area (Å²) in [6, 6.07) is 15.4. The van der Waals surface area contributed by atoms with Crippen LogP contribution in [0.5, 0.6) is 5.75 Å². The van der Waals surface area contributed by atoms with Crippen molar-refractivity contribution >= 4 is 17.0 Å². The Hall–Kier alpha value is -3.02. The van der Waals surface area contributed by atoms with E-state index in [1.54, 1.807) is 6.07 Å². The molecule has 1 atom stereocenters. The molecule has 0 aliphatic carbocycles. The lowest BCUT2D eigenvalue weighted by atomic mass is 10.0. The van der Waals surface area contributed by atoms with E-state index in [0.29, 0.717) is 18.7 Å². The fourth-order valence-corrected chi connectivity index (χ4v) is 3.94. The van der Waals surface area contributed by atoms with Crippen LogP contribution in [0, 0.1) is 0 Å². The summed E-state index contributed by atoms with van der Waals surface area (Å²) in [5.74, 6) is 0.486. The number of oxazole rings is 1. The van der Waals surface area contributed by atoms with Crippen LogP contribution in [-0.4, -0.2) is 28.5 Å². The zero-order valence-corrected chi connectivity index (χ0v) is 16.0. The molecule has 2 aromatic carbocycles. The number of amides is 1. The molecule has 146 valence electrons. The molecule has 28 heavy (non-hydrogen) atoms. The van der Waals surface area contributed by atoms with Gasteiger partial charge in [0.05, 0.1) is 18.2 Å². The molecule has 1 aliphatic rings. The minimum absolute atomic E-state index is 0.0635. The molecule has 6 heteroatoms. The van der Waals surface area contributed by atoms with Gasteiger partial charge in [-0.2, -0.15) is 0 Å². The second-order valence-corrected chi connectivity index (χ2v) is 6.98. The standard InChI is InChI=1S/C22H24N2O4/c1-2-27-17-11-9-16(10-12-17)18-7-5-14-23(18)21(25)13-15-24-19-6-3-4-8-20(19)28-22(24)26/h3-4,6,8-12,18H,2,5,7,13-15H2,1H3. The van der Waals surface area contributed by atoms with Crippen LogP contribution in [0.3, 0.4) is 0 Å². The van der Waals surface area contributed by atoms with Gasteiger partial charge in [0.25, 0.3) is 0 Å². The van der Waals surface area contributed by atoms with E-state index < -0.39 is 5.76 Å². The monoisotopic (exact) mass is 380 g/mol. The lowest BCUT2D eigenvalue weighted by Crippen LogP contribution is -2.31. The van der Waals surface area contributed by atoms with Gasteiger partial charge in [0.2, 0.25) is 5.91 Å². The highest BCUT2D eigenvalue weighted by Gasteiger charge is 2.29. The Balaban J connectivity index is 1.46. The number of hydrogen-bond donors (Lipinski definition) is 0. The summed E-state index contributed by atoms with van der Waals surface area (Å²) in [5.41, 5.74) is 2.40. The Morgan fingerprint density at radius 3 is 2.75 bits per heavy atom. The van der Waals surface area contributed by atoms with Crippen molar-refractivity contribution in [3.05, 3.63) is 64.6 Å². The van der Waals surface area contributed by atoms with Crippen LogP contribution in [0.15, 0.2) is 57.7 Å². The van der Waals surface area contributed by atoms with E-state index in [1.165, 1.54) is 4.57 Å². The quantitative estimate of drug-likeness (QED) is 0.653. The average molecular weight is 380 g/mol. The number of fused-ring (bicyclic) bond motifs is 1. The van der Waals surface area contributed by atoms with E-state index in [-0.39, 0.29) is 18.4 Å². The number of hydrogen-bond acceptors (Lipinski definition) is 4.